The van der Waals surface area contributed by atoms with E-state index in [0.717, 1.165) is 11.1 Å². The van der Waals surface area contributed by atoms with Crippen molar-refractivity contribution in [2.75, 3.05) is 7.11 Å². The third-order valence-corrected chi connectivity index (χ3v) is 5.75. The standard InChI is InChI=1S/C24H25FN2O4S/c1-13-5-7-16(8-6-13)24(32)27-15(3)17(11-22(28)26-14(2)9-23(29)30)18-10-21(31-4)19(25)12-20(18)27/h5-8,10,12,14H,9,11H2,1-4H3,(H,26,28)(H,29,30). The molecule has 0 aliphatic heterocycles. The Balaban J connectivity index is 2.08. The van der Waals surface area contributed by atoms with Crippen molar-refractivity contribution in [1.82, 2.24) is 9.88 Å². The molecule has 3 aromatic rings. The lowest BCUT2D eigenvalue weighted by atomic mass is 10.1. The van der Waals surface area contributed by atoms with Gasteiger partial charge in [0.2, 0.25) is 5.91 Å². The highest BCUT2D eigenvalue weighted by Crippen LogP contribution is 2.33. The monoisotopic (exact) mass is 456 g/mol. The summed E-state index contributed by atoms with van der Waals surface area (Å²) in [5, 5.41) is 12.3. The van der Waals surface area contributed by atoms with Crippen LogP contribution in [0, 0.1) is 19.7 Å². The van der Waals surface area contributed by atoms with Crippen LogP contribution in [0.4, 0.5) is 4.39 Å². The van der Waals surface area contributed by atoms with Gasteiger partial charge < -0.3 is 19.7 Å². The third-order valence-electron chi connectivity index (χ3n) is 5.34. The number of hydrogen-bond acceptors (Lipinski definition) is 4. The average Bonchev–Trinajstić information content (AvgIpc) is 2.97. The summed E-state index contributed by atoms with van der Waals surface area (Å²) in [7, 11) is 1.38. The first kappa shape index (κ1) is 23.4. The second kappa shape index (κ2) is 9.48. The summed E-state index contributed by atoms with van der Waals surface area (Å²) < 4.78 is 21.5. The molecule has 0 spiro atoms. The largest absolute Gasteiger partial charge is 0.494 e. The second-order valence-corrected chi connectivity index (χ2v) is 8.20. The van der Waals surface area contributed by atoms with Gasteiger partial charge in [0.1, 0.15) is 4.99 Å². The number of rotatable bonds is 7. The van der Waals surface area contributed by atoms with Crippen LogP contribution >= 0.6 is 12.2 Å². The number of fused-ring (bicyclic) bond motifs is 1. The number of benzene rings is 2. The topological polar surface area (TPSA) is 80.6 Å². The number of carboxylic acids is 1. The fraction of sp³-hybridized carbons (Fsp3) is 0.292. The quantitative estimate of drug-likeness (QED) is 0.522. The van der Waals surface area contributed by atoms with Gasteiger partial charge in [0.25, 0.3) is 0 Å². The molecule has 1 atom stereocenters. The highest BCUT2D eigenvalue weighted by atomic mass is 32.1. The molecule has 168 valence electrons. The van der Waals surface area contributed by atoms with Gasteiger partial charge >= 0.3 is 5.97 Å². The van der Waals surface area contributed by atoms with E-state index in [0.29, 0.717) is 27.1 Å². The van der Waals surface area contributed by atoms with Crippen LogP contribution in [-0.2, 0) is 16.0 Å². The van der Waals surface area contributed by atoms with Crippen molar-refractivity contribution in [2.24, 2.45) is 0 Å². The molecule has 0 saturated carbocycles. The van der Waals surface area contributed by atoms with Crippen LogP contribution in [0.3, 0.4) is 0 Å². The number of nitrogens with zero attached hydrogens (tertiary/aromatic N) is 1. The van der Waals surface area contributed by atoms with Gasteiger partial charge in [-0.2, -0.15) is 0 Å². The van der Waals surface area contributed by atoms with Gasteiger partial charge in [-0.05, 0) is 32.4 Å². The Morgan fingerprint density at radius 3 is 2.47 bits per heavy atom. The summed E-state index contributed by atoms with van der Waals surface area (Å²) in [6.07, 6.45) is -0.187. The van der Waals surface area contributed by atoms with E-state index in [-0.39, 0.29) is 24.5 Å². The summed E-state index contributed by atoms with van der Waals surface area (Å²) in [5.74, 6) is -1.78. The van der Waals surface area contributed by atoms with Gasteiger partial charge in [-0.15, -0.1) is 0 Å². The number of aromatic nitrogens is 1. The smallest absolute Gasteiger partial charge is 0.305 e. The van der Waals surface area contributed by atoms with E-state index < -0.39 is 17.8 Å². The molecule has 0 fully saturated rings. The highest BCUT2D eigenvalue weighted by Gasteiger charge is 2.22. The van der Waals surface area contributed by atoms with Crippen LogP contribution in [-0.4, -0.2) is 39.7 Å². The van der Waals surface area contributed by atoms with Crippen LogP contribution < -0.4 is 10.1 Å². The Labute approximate surface area is 191 Å². The SMILES string of the molecule is COc1cc2c(CC(=O)NC(C)CC(=O)O)c(C)n(C(=S)c3ccc(C)cc3)c2cc1F. The molecule has 1 aromatic heterocycles. The fourth-order valence-electron chi connectivity index (χ4n) is 3.75. The van der Waals surface area contributed by atoms with Crippen LogP contribution in [0.25, 0.3) is 10.9 Å². The molecular weight excluding hydrogens is 431 g/mol. The molecule has 1 heterocycles. The summed E-state index contributed by atoms with van der Waals surface area (Å²) in [4.78, 5) is 24.0. The highest BCUT2D eigenvalue weighted by molar-refractivity contribution is 7.80. The van der Waals surface area contributed by atoms with Gasteiger partial charge in [-0.25, -0.2) is 4.39 Å². The molecule has 8 heteroatoms. The number of carboxylic acid groups (broad SMARTS) is 1. The number of thiocarbonyl (C=S) groups is 1. The Morgan fingerprint density at radius 1 is 1.22 bits per heavy atom. The van der Waals surface area contributed by atoms with Crippen molar-refractivity contribution in [1.29, 1.82) is 0 Å². The minimum Gasteiger partial charge on any atom is -0.494 e. The molecule has 0 aliphatic rings. The first-order valence-corrected chi connectivity index (χ1v) is 10.5. The van der Waals surface area contributed by atoms with Gasteiger partial charge in [0.15, 0.2) is 11.6 Å². The van der Waals surface area contributed by atoms with Crippen LogP contribution in [0.2, 0.25) is 0 Å². The van der Waals surface area contributed by atoms with E-state index in [9.17, 15) is 14.0 Å². The number of aliphatic carboxylic acids is 1. The number of nitrogens with one attached hydrogen (secondary N) is 1. The van der Waals surface area contributed by atoms with Crippen molar-refractivity contribution >= 4 is 40.0 Å². The van der Waals surface area contributed by atoms with Gasteiger partial charge in [0, 0.05) is 28.8 Å². The fourth-order valence-corrected chi connectivity index (χ4v) is 4.12. The van der Waals surface area contributed by atoms with E-state index in [4.69, 9.17) is 22.1 Å². The Bertz CT molecular complexity index is 1200. The Kier molecular flexibility index (Phi) is 6.93. The first-order valence-electron chi connectivity index (χ1n) is 10.1. The summed E-state index contributed by atoms with van der Waals surface area (Å²) in [6, 6.07) is 10.1. The predicted octanol–water partition coefficient (Wildman–Crippen LogP) is 4.15. The normalized spacial score (nSPS) is 11.9. The predicted molar refractivity (Wildman–Crippen MR) is 125 cm³/mol. The number of methoxy groups -OCH3 is 1. The molecule has 32 heavy (non-hydrogen) atoms. The lowest BCUT2D eigenvalue weighted by Gasteiger charge is -2.13. The Hall–Kier alpha value is -3.26. The van der Waals surface area contributed by atoms with Crippen molar-refractivity contribution < 1.29 is 23.8 Å². The van der Waals surface area contributed by atoms with Crippen LogP contribution in [0.1, 0.15) is 35.7 Å². The van der Waals surface area contributed by atoms with E-state index in [1.165, 1.54) is 13.2 Å². The maximum atomic E-state index is 14.6. The third kappa shape index (κ3) is 4.80. The number of halogens is 1. The second-order valence-electron chi connectivity index (χ2n) is 7.82. The van der Waals surface area contributed by atoms with Crippen molar-refractivity contribution in [3.8, 4) is 5.75 Å². The van der Waals surface area contributed by atoms with E-state index >= 15 is 0 Å². The summed E-state index contributed by atoms with van der Waals surface area (Å²) >= 11 is 5.74. The number of amides is 1. The Morgan fingerprint density at radius 2 is 1.88 bits per heavy atom. The molecule has 0 bridgehead atoms. The maximum Gasteiger partial charge on any atom is 0.305 e. The molecule has 3 rings (SSSR count). The maximum absolute atomic E-state index is 14.6. The summed E-state index contributed by atoms with van der Waals surface area (Å²) in [6.45, 7) is 5.44. The molecular formula is C24H25FN2O4S. The van der Waals surface area contributed by atoms with E-state index in [1.807, 2.05) is 38.1 Å². The minimum absolute atomic E-state index is 0.00934. The molecule has 2 aromatic carbocycles. The molecule has 0 saturated heterocycles. The molecule has 6 nitrogen and oxygen atoms in total. The van der Waals surface area contributed by atoms with Gasteiger partial charge in [-0.3, -0.25) is 9.59 Å². The molecule has 0 radical (unpaired) electrons. The number of carbonyl (C=O) groups is 2. The van der Waals surface area contributed by atoms with Crippen molar-refractivity contribution in [3.63, 3.8) is 0 Å². The number of ether oxygens (including phenoxy) is 1. The lowest BCUT2D eigenvalue weighted by Crippen LogP contribution is -2.35. The minimum atomic E-state index is -0.991. The number of carbonyl (C=O) groups excluding carboxylic acids is 1. The first-order chi connectivity index (χ1) is 15.1. The summed E-state index contributed by atoms with van der Waals surface area (Å²) in [5.41, 5.74) is 3.81. The molecule has 1 amide bonds. The zero-order valence-corrected chi connectivity index (χ0v) is 19.2. The van der Waals surface area contributed by atoms with Crippen LogP contribution in [0.15, 0.2) is 36.4 Å². The lowest BCUT2D eigenvalue weighted by molar-refractivity contribution is -0.137. The van der Waals surface area contributed by atoms with Crippen molar-refractivity contribution in [2.45, 2.75) is 39.7 Å². The van der Waals surface area contributed by atoms with Gasteiger partial charge in [-0.1, -0.05) is 42.0 Å². The number of aryl methyl sites for hydroxylation is 1. The van der Waals surface area contributed by atoms with Gasteiger partial charge in [0.05, 0.1) is 25.5 Å². The molecule has 0 aliphatic carbocycles. The average molecular weight is 457 g/mol. The molecule has 1 unspecified atom stereocenters. The van der Waals surface area contributed by atoms with Crippen LogP contribution in [0.5, 0.6) is 5.75 Å². The zero-order chi connectivity index (χ0) is 23.6. The van der Waals surface area contributed by atoms with E-state index in [2.05, 4.69) is 5.32 Å². The number of hydrogen-bond donors (Lipinski definition) is 2. The van der Waals surface area contributed by atoms with Crippen molar-refractivity contribution in [3.05, 3.63) is 64.6 Å². The molecule has 2 N–H and O–H groups in total. The van der Waals surface area contributed by atoms with E-state index in [1.54, 1.807) is 17.6 Å². The zero-order valence-electron chi connectivity index (χ0n) is 18.4.